The predicted octanol–water partition coefficient (Wildman–Crippen LogP) is -32.9. The molecule has 0 unspecified atom stereocenters. The summed E-state index contributed by atoms with van der Waals surface area (Å²) in [7, 11) is 0. The van der Waals surface area contributed by atoms with E-state index < -0.39 is 183 Å². The quantitative estimate of drug-likeness (QED) is 0.0380. The van der Waals surface area contributed by atoms with Crippen molar-refractivity contribution in [3.63, 3.8) is 0 Å². The molecular formula is C44H62N3Na9O21-2. The van der Waals surface area contributed by atoms with Crippen LogP contribution in [0, 0.1) is 10.8 Å². The van der Waals surface area contributed by atoms with Gasteiger partial charge in [0, 0.05) is 77.7 Å². The molecule has 0 rings (SSSR count). The molecule has 77 heavy (non-hydrogen) atoms. The van der Waals surface area contributed by atoms with E-state index in [1.807, 2.05) is 0 Å². The van der Waals surface area contributed by atoms with E-state index in [4.69, 9.17) is 0 Å². The van der Waals surface area contributed by atoms with Crippen molar-refractivity contribution in [3.05, 3.63) is 0 Å². The third kappa shape index (κ3) is 49.7. The Morgan fingerprint density at radius 3 is 0.623 bits per heavy atom. The predicted molar refractivity (Wildman–Crippen MR) is 216 cm³/mol. The first kappa shape index (κ1) is 108. The molecule has 0 bridgehead atoms. The number of carboxylic acid groups (broad SMARTS) is 7. The monoisotopic (exact) mass is 1180 g/mol. The van der Waals surface area contributed by atoms with Gasteiger partial charge in [-0.3, -0.25) is 27.0 Å². The molecule has 0 spiro atoms. The van der Waals surface area contributed by atoms with Crippen LogP contribution in [-0.4, -0.2) is 99.6 Å². The van der Waals surface area contributed by atoms with Crippen LogP contribution in [0.25, 0.3) is 0 Å². The van der Waals surface area contributed by atoms with Crippen LogP contribution in [0.4, 0.5) is 0 Å². The standard InChI is InChI=1S/C44H67N3O19.9Na.2H2O/c1-40(2,3)41(18-6-30(50)45-42(16-4-28-48,17-5-29-49)21-9-33(53)54,19-7-31(51)46-43(22-10-34(55)56,23-11-35(57)58)24-12-36(59)60)20-8-32(52)47-44(25-13-37(61)62,26-14-38(63)64)27-15-39(65)66;;;;;;;;;;;/h4-27H2,1-3H3,(H,45,50)(H,46,51)(H,47,52)(H,53,54)(H,55,56)(H,57,58)(H,59,60)(H,61,62)(H,63,64)(H,65,66);;;;;;;;;;2*1H2/q-2;9*+1;;/p-9. The minimum atomic E-state index is -1.72. The maximum atomic E-state index is 13.9. The number of hydrogen-bond donors (Lipinski definition) is 3. The minimum absolute atomic E-state index is 0. The van der Waals surface area contributed by atoms with Gasteiger partial charge in [-0.15, -0.1) is 0 Å². The topological polar surface area (TPSA) is 462 Å². The van der Waals surface area contributed by atoms with Gasteiger partial charge < -0.3 is 106 Å². The van der Waals surface area contributed by atoms with Gasteiger partial charge in [0.1, 0.15) is 0 Å². The Hall–Kier alpha value is 2.96. The molecule has 24 nitrogen and oxygen atoms in total. The Labute approximate surface area is 649 Å². The molecule has 3 amide bonds. The Morgan fingerprint density at radius 1 is 0.312 bits per heavy atom. The number of aliphatic carboxylic acids is 7. The molecule has 0 aromatic heterocycles. The van der Waals surface area contributed by atoms with E-state index in [1.165, 1.54) is 0 Å². The number of carbonyl (C=O) groups excluding carboxylic acids is 12. The second kappa shape index (κ2) is 56.7. The number of carboxylic acids is 7. The summed E-state index contributed by atoms with van der Waals surface area (Å²) >= 11 is 0. The average molecular weight is 1180 g/mol. The summed E-state index contributed by atoms with van der Waals surface area (Å²) in [6.45, 7) is 5.12. The zero-order valence-electron chi connectivity index (χ0n) is 47.6. The van der Waals surface area contributed by atoms with Crippen molar-refractivity contribution in [2.45, 2.75) is 191 Å². The first-order chi connectivity index (χ1) is 30.6. The number of rotatable bonds is 39. The van der Waals surface area contributed by atoms with Gasteiger partial charge in [0.25, 0.3) is 0 Å². The molecule has 0 radical (unpaired) electrons. The average Bonchev–Trinajstić information content (AvgIpc) is 3.21. The van der Waals surface area contributed by atoms with Crippen molar-refractivity contribution in [2.75, 3.05) is 0 Å². The molecule has 0 aromatic rings. The van der Waals surface area contributed by atoms with Gasteiger partial charge in [-0.1, -0.05) is 33.6 Å². The summed E-state index contributed by atoms with van der Waals surface area (Å²) in [6.07, 6.45) is -7.04. The Bertz CT molecular complexity index is 1580. The summed E-state index contributed by atoms with van der Waals surface area (Å²) < 4.78 is 0. The molecule has 0 saturated carbocycles. The van der Waals surface area contributed by atoms with E-state index in [2.05, 4.69) is 16.0 Å². The molecule has 0 aliphatic rings. The van der Waals surface area contributed by atoms with Crippen LogP contribution in [0.15, 0.2) is 0 Å². The van der Waals surface area contributed by atoms with Gasteiger partial charge in [-0.05, 0) is 120 Å². The van der Waals surface area contributed by atoms with Crippen LogP contribution in [0.3, 0.4) is 0 Å². The number of amides is 3. The molecule has 0 saturated heterocycles. The van der Waals surface area contributed by atoms with E-state index in [0.29, 0.717) is 0 Å². The smallest absolute Gasteiger partial charge is 0.870 e. The number of nitrogens with one attached hydrogen (secondary N) is 3. The van der Waals surface area contributed by atoms with E-state index >= 15 is 0 Å². The van der Waals surface area contributed by atoms with Crippen LogP contribution < -0.4 is 318 Å². The van der Waals surface area contributed by atoms with Gasteiger partial charge in [0.2, 0.25) is 17.7 Å². The van der Waals surface area contributed by atoms with Crippen molar-refractivity contribution in [3.8, 4) is 0 Å². The van der Waals surface area contributed by atoms with E-state index in [1.54, 1.807) is 33.3 Å². The molecular weight excluding hydrogens is 1110 g/mol. The Morgan fingerprint density at radius 2 is 0.481 bits per heavy atom. The third-order valence-corrected chi connectivity index (χ3v) is 12.4. The zero-order valence-corrected chi connectivity index (χ0v) is 65.6. The van der Waals surface area contributed by atoms with Crippen molar-refractivity contribution in [1.82, 2.24) is 16.0 Å². The van der Waals surface area contributed by atoms with Crippen LogP contribution >= 0.6 is 0 Å². The fourth-order valence-electron chi connectivity index (χ4n) is 8.29. The zero-order chi connectivity index (χ0) is 50.8. The SMILES string of the molecule is CC(C)(C)C(CCC(=O)NC(CC[C-]=O)(CC[C-]=O)CCC(=O)[O-])(CCC(=O)NC(CCC(=O)[O-])(CCC(=O)[O-])CCC(=O)[O-])CCC(=O)NC(CCC(=O)[O-])(CCC(=O)[O-])CCC(=O)[O-].[Na+].[Na+].[Na+].[Na+].[Na+].[Na+].[Na+].[Na+].[Na+].[OH-].[OH-]. The first-order valence-corrected chi connectivity index (χ1v) is 21.6. The van der Waals surface area contributed by atoms with E-state index in [0.717, 1.165) is 0 Å². The molecule has 0 aliphatic heterocycles. The van der Waals surface area contributed by atoms with E-state index in [-0.39, 0.29) is 335 Å². The number of hydrogen-bond acceptors (Lipinski definition) is 21. The molecule has 0 heterocycles. The fourth-order valence-corrected chi connectivity index (χ4v) is 8.29. The largest absolute Gasteiger partial charge is 1.00 e. The van der Waals surface area contributed by atoms with Crippen LogP contribution in [0.2, 0.25) is 0 Å². The molecule has 390 valence electrons. The van der Waals surface area contributed by atoms with Crippen LogP contribution in [0.1, 0.15) is 175 Å². The molecule has 0 aromatic carbocycles. The fraction of sp³-hybridized carbons (Fsp3) is 0.727. The summed E-state index contributed by atoms with van der Waals surface area (Å²) in [5.74, 6) is -13.3. The summed E-state index contributed by atoms with van der Waals surface area (Å²) in [5, 5.41) is 88.3. The second-order valence-corrected chi connectivity index (χ2v) is 17.9. The van der Waals surface area contributed by atoms with Gasteiger partial charge >= 0.3 is 266 Å². The third-order valence-electron chi connectivity index (χ3n) is 12.4. The molecule has 0 atom stereocenters. The van der Waals surface area contributed by atoms with Crippen molar-refractivity contribution in [1.29, 1.82) is 0 Å². The maximum absolute atomic E-state index is 13.9. The summed E-state index contributed by atoms with van der Waals surface area (Å²) in [6, 6.07) is 0. The van der Waals surface area contributed by atoms with Crippen LogP contribution in [0.5, 0.6) is 0 Å². The van der Waals surface area contributed by atoms with Gasteiger partial charge in [-0.2, -0.15) is 12.8 Å². The summed E-state index contributed by atoms with van der Waals surface area (Å²) in [5.41, 5.74) is -7.06. The van der Waals surface area contributed by atoms with Crippen LogP contribution in [-0.2, 0) is 57.5 Å². The Kier molecular flexibility index (Phi) is 79.6. The van der Waals surface area contributed by atoms with Gasteiger partial charge in [0.05, 0.1) is 0 Å². The van der Waals surface area contributed by atoms with Gasteiger partial charge in [-0.25, -0.2) is 0 Å². The van der Waals surface area contributed by atoms with Gasteiger partial charge in [0.15, 0.2) is 0 Å². The first-order valence-electron chi connectivity index (χ1n) is 21.6. The minimum Gasteiger partial charge on any atom is -0.870 e. The molecule has 5 N–H and O–H groups in total. The molecule has 0 aliphatic carbocycles. The second-order valence-electron chi connectivity index (χ2n) is 17.9. The van der Waals surface area contributed by atoms with Crippen molar-refractivity contribution >= 4 is 72.1 Å². The summed E-state index contributed by atoms with van der Waals surface area (Å²) in [4.78, 5) is 144. The molecule has 0 fully saturated rings. The molecule has 33 heteroatoms. The normalized spacial score (nSPS) is 10.3. The van der Waals surface area contributed by atoms with Crippen molar-refractivity contribution in [2.24, 2.45) is 10.8 Å². The Balaban J connectivity index is -0.000000384. The maximum Gasteiger partial charge on any atom is 1.00 e. The van der Waals surface area contributed by atoms with E-state index in [9.17, 15) is 93.3 Å². The number of carbonyl (C=O) groups is 10. The van der Waals surface area contributed by atoms with Crippen molar-refractivity contribution < 1.29 is 370 Å².